The van der Waals surface area contributed by atoms with E-state index in [2.05, 4.69) is 0 Å². The standard InChI is InChI=1S/C14H16N2O3S/c1-2-5-15-12(17)4-3-11(14(15)19)16-6-9-7-20-8-10(9)13(16)18/h7-8,11H,2-6H2,1H3. The minimum absolute atomic E-state index is 0.0783. The van der Waals surface area contributed by atoms with Gasteiger partial charge in [0.2, 0.25) is 5.91 Å². The number of hydrogen-bond donors (Lipinski definition) is 0. The van der Waals surface area contributed by atoms with Crippen molar-refractivity contribution in [2.45, 2.75) is 38.8 Å². The summed E-state index contributed by atoms with van der Waals surface area (Å²) >= 11 is 1.51. The Hall–Kier alpha value is -1.69. The highest BCUT2D eigenvalue weighted by Crippen LogP contribution is 2.31. The second kappa shape index (κ2) is 5.01. The first kappa shape index (κ1) is 13.3. The monoisotopic (exact) mass is 292 g/mol. The molecule has 2 aliphatic rings. The Morgan fingerprint density at radius 1 is 1.30 bits per heavy atom. The molecule has 106 valence electrons. The number of piperidine rings is 1. The average molecular weight is 292 g/mol. The van der Waals surface area contributed by atoms with Gasteiger partial charge in [0.1, 0.15) is 6.04 Å². The van der Waals surface area contributed by atoms with Crippen LogP contribution in [-0.4, -0.2) is 40.1 Å². The number of carbonyl (C=O) groups excluding carboxylic acids is 3. The van der Waals surface area contributed by atoms with Gasteiger partial charge in [-0.05, 0) is 23.8 Å². The largest absolute Gasteiger partial charge is 0.322 e. The molecule has 0 radical (unpaired) electrons. The Kier molecular flexibility index (Phi) is 3.33. The van der Waals surface area contributed by atoms with Gasteiger partial charge in [-0.2, -0.15) is 11.3 Å². The SMILES string of the molecule is CCCN1C(=O)CCC(N2Cc3cscc3C2=O)C1=O. The van der Waals surface area contributed by atoms with Gasteiger partial charge < -0.3 is 4.90 Å². The molecule has 0 N–H and O–H groups in total. The summed E-state index contributed by atoms with van der Waals surface area (Å²) in [5.41, 5.74) is 1.70. The molecule has 0 aromatic carbocycles. The molecule has 0 spiro atoms. The number of rotatable bonds is 3. The normalized spacial score (nSPS) is 22.6. The highest BCUT2D eigenvalue weighted by molar-refractivity contribution is 7.08. The zero-order valence-electron chi connectivity index (χ0n) is 11.3. The fourth-order valence-electron chi connectivity index (χ4n) is 2.86. The number of imide groups is 1. The van der Waals surface area contributed by atoms with E-state index in [-0.39, 0.29) is 17.7 Å². The van der Waals surface area contributed by atoms with Crippen molar-refractivity contribution < 1.29 is 14.4 Å². The summed E-state index contributed by atoms with van der Waals surface area (Å²) in [6, 6.07) is -0.482. The van der Waals surface area contributed by atoms with E-state index in [0.29, 0.717) is 31.5 Å². The maximum atomic E-state index is 12.4. The third-order valence-corrected chi connectivity index (χ3v) is 4.67. The van der Waals surface area contributed by atoms with Crippen LogP contribution in [0.2, 0.25) is 0 Å². The summed E-state index contributed by atoms with van der Waals surface area (Å²) in [4.78, 5) is 39.5. The minimum Gasteiger partial charge on any atom is -0.322 e. The highest BCUT2D eigenvalue weighted by atomic mass is 32.1. The molecule has 1 aromatic rings. The molecule has 3 amide bonds. The lowest BCUT2D eigenvalue weighted by Gasteiger charge is -2.35. The third kappa shape index (κ3) is 1.95. The van der Waals surface area contributed by atoms with Crippen LogP contribution in [0.25, 0.3) is 0 Å². The van der Waals surface area contributed by atoms with Gasteiger partial charge in [0.15, 0.2) is 0 Å². The Morgan fingerprint density at radius 3 is 2.80 bits per heavy atom. The predicted octanol–water partition coefficient (Wildman–Crippen LogP) is 1.63. The van der Waals surface area contributed by atoms with Gasteiger partial charge in [0.05, 0.1) is 5.56 Å². The van der Waals surface area contributed by atoms with Crippen LogP contribution in [-0.2, 0) is 16.1 Å². The molecule has 20 heavy (non-hydrogen) atoms. The fourth-order valence-corrected chi connectivity index (χ4v) is 3.69. The van der Waals surface area contributed by atoms with Gasteiger partial charge >= 0.3 is 0 Å². The maximum absolute atomic E-state index is 12.4. The summed E-state index contributed by atoms with van der Waals surface area (Å²) in [5, 5.41) is 3.79. The van der Waals surface area contributed by atoms with E-state index >= 15 is 0 Å². The first-order valence-corrected chi connectivity index (χ1v) is 7.78. The van der Waals surface area contributed by atoms with E-state index < -0.39 is 6.04 Å². The molecule has 1 aromatic heterocycles. The average Bonchev–Trinajstić information content (AvgIpc) is 2.99. The Morgan fingerprint density at radius 2 is 2.10 bits per heavy atom. The van der Waals surface area contributed by atoms with Gasteiger partial charge in [-0.15, -0.1) is 0 Å². The summed E-state index contributed by atoms with van der Waals surface area (Å²) in [5.74, 6) is -0.412. The van der Waals surface area contributed by atoms with Crippen LogP contribution >= 0.6 is 11.3 Å². The van der Waals surface area contributed by atoms with Crippen molar-refractivity contribution in [3.63, 3.8) is 0 Å². The van der Waals surface area contributed by atoms with Gasteiger partial charge in [0.25, 0.3) is 11.8 Å². The zero-order chi connectivity index (χ0) is 14.3. The number of hydrogen-bond acceptors (Lipinski definition) is 4. The summed E-state index contributed by atoms with van der Waals surface area (Å²) in [6.07, 6.45) is 1.52. The topological polar surface area (TPSA) is 57.7 Å². The van der Waals surface area contributed by atoms with Gasteiger partial charge in [-0.25, -0.2) is 0 Å². The first-order valence-electron chi connectivity index (χ1n) is 6.83. The molecule has 1 saturated heterocycles. The van der Waals surface area contributed by atoms with Crippen LogP contribution in [0.1, 0.15) is 42.1 Å². The molecule has 0 bridgehead atoms. The number of thiophene rings is 1. The first-order chi connectivity index (χ1) is 9.63. The molecule has 1 unspecified atom stereocenters. The molecule has 1 atom stereocenters. The molecule has 0 saturated carbocycles. The van der Waals surface area contributed by atoms with Gasteiger partial charge in [0, 0.05) is 24.9 Å². The fraction of sp³-hybridized carbons (Fsp3) is 0.500. The summed E-state index contributed by atoms with van der Waals surface area (Å²) < 4.78 is 0. The van der Waals surface area contributed by atoms with E-state index in [1.54, 1.807) is 4.90 Å². The third-order valence-electron chi connectivity index (χ3n) is 3.88. The van der Waals surface area contributed by atoms with E-state index in [4.69, 9.17) is 0 Å². The number of nitrogens with zero attached hydrogens (tertiary/aromatic N) is 2. The number of amides is 3. The molecule has 6 heteroatoms. The smallest absolute Gasteiger partial charge is 0.256 e. The van der Waals surface area contributed by atoms with E-state index in [0.717, 1.165) is 12.0 Å². The second-order valence-electron chi connectivity index (χ2n) is 5.18. The summed E-state index contributed by atoms with van der Waals surface area (Å²) in [6.45, 7) is 2.86. The quantitative estimate of drug-likeness (QED) is 0.796. The van der Waals surface area contributed by atoms with E-state index in [1.165, 1.54) is 16.2 Å². The lowest BCUT2D eigenvalue weighted by atomic mass is 10.0. The Balaban J connectivity index is 1.81. The Bertz CT molecular complexity index is 581. The van der Waals surface area contributed by atoms with Crippen LogP contribution in [0.4, 0.5) is 0 Å². The molecule has 1 fully saturated rings. The van der Waals surface area contributed by atoms with Crippen LogP contribution in [0.15, 0.2) is 10.8 Å². The highest BCUT2D eigenvalue weighted by Gasteiger charge is 2.42. The number of likely N-dealkylation sites (tertiary alicyclic amines) is 1. The molecular formula is C14H16N2O3S. The van der Waals surface area contributed by atoms with E-state index in [9.17, 15) is 14.4 Å². The van der Waals surface area contributed by atoms with Crippen molar-refractivity contribution in [2.24, 2.45) is 0 Å². The van der Waals surface area contributed by atoms with Crippen molar-refractivity contribution >= 4 is 29.1 Å². The van der Waals surface area contributed by atoms with Crippen LogP contribution in [0.5, 0.6) is 0 Å². The number of fused-ring (bicyclic) bond motifs is 1. The van der Waals surface area contributed by atoms with Crippen molar-refractivity contribution in [1.82, 2.24) is 9.80 Å². The molecule has 5 nitrogen and oxygen atoms in total. The molecular weight excluding hydrogens is 276 g/mol. The van der Waals surface area contributed by atoms with Crippen LogP contribution in [0, 0.1) is 0 Å². The maximum Gasteiger partial charge on any atom is 0.256 e. The van der Waals surface area contributed by atoms with Gasteiger partial charge in [-0.3, -0.25) is 19.3 Å². The minimum atomic E-state index is -0.482. The van der Waals surface area contributed by atoms with Crippen molar-refractivity contribution in [3.8, 4) is 0 Å². The van der Waals surface area contributed by atoms with Crippen molar-refractivity contribution in [1.29, 1.82) is 0 Å². The lowest BCUT2D eigenvalue weighted by Crippen LogP contribution is -2.54. The van der Waals surface area contributed by atoms with Crippen molar-refractivity contribution in [3.05, 3.63) is 21.9 Å². The second-order valence-corrected chi connectivity index (χ2v) is 5.93. The van der Waals surface area contributed by atoms with Crippen LogP contribution in [0.3, 0.4) is 0 Å². The number of carbonyl (C=O) groups is 3. The molecule has 3 heterocycles. The Labute approximate surface area is 121 Å². The lowest BCUT2D eigenvalue weighted by molar-refractivity contribution is -0.152. The van der Waals surface area contributed by atoms with E-state index in [1.807, 2.05) is 17.7 Å². The summed E-state index contributed by atoms with van der Waals surface area (Å²) in [7, 11) is 0. The van der Waals surface area contributed by atoms with Crippen LogP contribution < -0.4 is 0 Å². The molecule has 2 aliphatic heterocycles. The van der Waals surface area contributed by atoms with Gasteiger partial charge in [-0.1, -0.05) is 6.92 Å². The molecule has 0 aliphatic carbocycles. The zero-order valence-corrected chi connectivity index (χ0v) is 12.1. The molecule has 3 rings (SSSR count). The predicted molar refractivity (Wildman–Crippen MR) is 74.2 cm³/mol. The van der Waals surface area contributed by atoms with Crippen molar-refractivity contribution in [2.75, 3.05) is 6.54 Å².